The van der Waals surface area contributed by atoms with Gasteiger partial charge in [-0.2, -0.15) is 0 Å². The molecule has 1 N–H and O–H groups in total. The molecule has 2 atom stereocenters. The Morgan fingerprint density at radius 1 is 1.16 bits per heavy atom. The largest absolute Gasteiger partial charge is 0.343 e. The molecule has 132 valence electrons. The van der Waals surface area contributed by atoms with E-state index >= 15 is 0 Å². The third-order valence-electron chi connectivity index (χ3n) is 5.74. The Morgan fingerprint density at radius 3 is 2.64 bits per heavy atom. The monoisotopic (exact) mass is 356 g/mol. The van der Waals surface area contributed by atoms with E-state index in [1.807, 2.05) is 41.6 Å². The summed E-state index contributed by atoms with van der Waals surface area (Å²) in [5.74, 6) is 0.170. The van der Waals surface area contributed by atoms with Crippen molar-refractivity contribution in [3.63, 3.8) is 0 Å². The van der Waals surface area contributed by atoms with Gasteiger partial charge in [0.1, 0.15) is 0 Å². The molecule has 2 unspecified atom stereocenters. The SMILES string of the molecule is CN(C(=O)CCC(=O)c1csc2ccccc12)C1CC2CCC(C1)N2. The lowest BCUT2D eigenvalue weighted by Crippen LogP contribution is -2.48. The van der Waals surface area contributed by atoms with Gasteiger partial charge in [-0.1, -0.05) is 18.2 Å². The molecule has 3 heterocycles. The average Bonchev–Trinajstić information content (AvgIpc) is 3.21. The maximum absolute atomic E-state index is 12.6. The molecule has 2 aromatic rings. The number of piperidine rings is 1. The van der Waals surface area contributed by atoms with Crippen molar-refractivity contribution in [3.05, 3.63) is 35.2 Å². The Balaban J connectivity index is 1.36. The van der Waals surface area contributed by atoms with Gasteiger partial charge in [-0.15, -0.1) is 11.3 Å². The average molecular weight is 356 g/mol. The van der Waals surface area contributed by atoms with E-state index in [4.69, 9.17) is 0 Å². The molecule has 2 aliphatic rings. The molecule has 1 amide bonds. The van der Waals surface area contributed by atoms with E-state index in [1.165, 1.54) is 12.8 Å². The van der Waals surface area contributed by atoms with Gasteiger partial charge in [-0.3, -0.25) is 9.59 Å². The Morgan fingerprint density at radius 2 is 1.88 bits per heavy atom. The Labute approximate surface area is 152 Å². The van der Waals surface area contributed by atoms with Crippen molar-refractivity contribution in [1.29, 1.82) is 0 Å². The number of carbonyl (C=O) groups excluding carboxylic acids is 2. The molecule has 0 aliphatic carbocycles. The minimum Gasteiger partial charge on any atom is -0.343 e. The normalized spacial score (nSPS) is 25.2. The van der Waals surface area contributed by atoms with Crippen LogP contribution in [0.25, 0.3) is 10.1 Å². The first-order valence-corrected chi connectivity index (χ1v) is 10.0. The minimum absolute atomic E-state index is 0.0737. The van der Waals surface area contributed by atoms with Crippen LogP contribution in [0, 0.1) is 0 Å². The number of hydrogen-bond donors (Lipinski definition) is 1. The molecule has 4 rings (SSSR count). The van der Waals surface area contributed by atoms with Crippen molar-refractivity contribution < 1.29 is 9.59 Å². The lowest BCUT2D eigenvalue weighted by Gasteiger charge is -2.35. The summed E-state index contributed by atoms with van der Waals surface area (Å²) in [5.41, 5.74) is 0.760. The summed E-state index contributed by atoms with van der Waals surface area (Å²) >= 11 is 1.59. The second-order valence-corrected chi connectivity index (χ2v) is 8.25. The number of thiophene rings is 1. The summed E-state index contributed by atoms with van der Waals surface area (Å²) in [6.07, 6.45) is 5.14. The highest BCUT2D eigenvalue weighted by Crippen LogP contribution is 2.30. The number of benzene rings is 1. The first-order chi connectivity index (χ1) is 12.1. The predicted octanol–water partition coefficient (Wildman–Crippen LogP) is 3.61. The van der Waals surface area contributed by atoms with Gasteiger partial charge in [-0.05, 0) is 31.7 Å². The van der Waals surface area contributed by atoms with Crippen LogP contribution in [0.1, 0.15) is 48.9 Å². The van der Waals surface area contributed by atoms with E-state index in [1.54, 1.807) is 11.3 Å². The number of ketones is 1. The van der Waals surface area contributed by atoms with Crippen LogP contribution in [-0.2, 0) is 4.79 Å². The number of carbonyl (C=O) groups is 2. The molecule has 25 heavy (non-hydrogen) atoms. The highest BCUT2D eigenvalue weighted by molar-refractivity contribution is 7.17. The third kappa shape index (κ3) is 3.35. The third-order valence-corrected chi connectivity index (χ3v) is 6.70. The van der Waals surface area contributed by atoms with Crippen LogP contribution in [-0.4, -0.2) is 41.8 Å². The van der Waals surface area contributed by atoms with E-state index < -0.39 is 0 Å². The second-order valence-electron chi connectivity index (χ2n) is 7.34. The van der Waals surface area contributed by atoms with Gasteiger partial charge in [0.25, 0.3) is 0 Å². The number of nitrogens with zero attached hydrogens (tertiary/aromatic N) is 1. The number of Topliss-reactive ketones (excluding diaryl/α,β-unsaturated/α-hetero) is 1. The fraction of sp³-hybridized carbons (Fsp3) is 0.500. The first kappa shape index (κ1) is 16.7. The van der Waals surface area contributed by atoms with E-state index in [0.29, 0.717) is 31.0 Å². The summed E-state index contributed by atoms with van der Waals surface area (Å²) < 4.78 is 1.12. The predicted molar refractivity (Wildman–Crippen MR) is 101 cm³/mol. The van der Waals surface area contributed by atoms with Crippen molar-refractivity contribution >= 4 is 33.1 Å². The van der Waals surface area contributed by atoms with Crippen molar-refractivity contribution in [2.24, 2.45) is 0 Å². The van der Waals surface area contributed by atoms with Gasteiger partial charge < -0.3 is 10.2 Å². The molecule has 1 aromatic heterocycles. The van der Waals surface area contributed by atoms with Crippen LogP contribution in [0.15, 0.2) is 29.6 Å². The van der Waals surface area contributed by atoms with Gasteiger partial charge in [0.2, 0.25) is 5.91 Å². The molecule has 0 spiro atoms. The standard InChI is InChI=1S/C20H24N2O2S/c1-22(15-10-13-6-7-14(11-15)21-13)20(24)9-8-18(23)17-12-25-19-5-3-2-4-16(17)19/h2-5,12-15,21H,6-11H2,1H3. The zero-order valence-corrected chi connectivity index (χ0v) is 15.3. The molecule has 1 aromatic carbocycles. The number of fused-ring (bicyclic) bond motifs is 3. The smallest absolute Gasteiger partial charge is 0.223 e. The van der Waals surface area contributed by atoms with Crippen LogP contribution >= 0.6 is 11.3 Å². The maximum atomic E-state index is 12.6. The molecule has 4 nitrogen and oxygen atoms in total. The summed E-state index contributed by atoms with van der Waals surface area (Å²) in [6.45, 7) is 0. The highest BCUT2D eigenvalue weighted by atomic mass is 32.1. The summed E-state index contributed by atoms with van der Waals surface area (Å²) in [7, 11) is 1.90. The fourth-order valence-electron chi connectivity index (χ4n) is 4.27. The molecule has 0 saturated carbocycles. The van der Waals surface area contributed by atoms with Crippen LogP contribution in [0.2, 0.25) is 0 Å². The lowest BCUT2D eigenvalue weighted by molar-refractivity contribution is -0.132. The zero-order valence-electron chi connectivity index (χ0n) is 14.5. The van der Waals surface area contributed by atoms with Crippen LogP contribution in [0.4, 0.5) is 0 Å². The number of rotatable bonds is 5. The number of hydrogen-bond acceptors (Lipinski definition) is 4. The molecule has 2 aliphatic heterocycles. The molecular weight excluding hydrogens is 332 g/mol. The highest BCUT2D eigenvalue weighted by Gasteiger charge is 2.36. The molecule has 2 fully saturated rings. The van der Waals surface area contributed by atoms with Gasteiger partial charge in [0, 0.05) is 59.0 Å². The van der Waals surface area contributed by atoms with Crippen molar-refractivity contribution in [1.82, 2.24) is 10.2 Å². The van der Waals surface area contributed by atoms with Crippen LogP contribution in [0.5, 0.6) is 0 Å². The molecule has 0 radical (unpaired) electrons. The van der Waals surface area contributed by atoms with Crippen molar-refractivity contribution in [2.45, 2.75) is 56.7 Å². The maximum Gasteiger partial charge on any atom is 0.223 e. The number of amides is 1. The van der Waals surface area contributed by atoms with E-state index in [0.717, 1.165) is 28.5 Å². The molecule has 2 saturated heterocycles. The Kier molecular flexibility index (Phi) is 4.61. The second kappa shape index (κ2) is 6.89. The minimum atomic E-state index is 0.0737. The van der Waals surface area contributed by atoms with E-state index in [2.05, 4.69) is 5.32 Å². The van der Waals surface area contributed by atoms with Crippen LogP contribution in [0.3, 0.4) is 0 Å². The zero-order chi connectivity index (χ0) is 17.4. The van der Waals surface area contributed by atoms with Gasteiger partial charge in [0.05, 0.1) is 0 Å². The Hall–Kier alpha value is -1.72. The van der Waals surface area contributed by atoms with E-state index in [9.17, 15) is 9.59 Å². The summed E-state index contributed by atoms with van der Waals surface area (Å²) in [4.78, 5) is 27.0. The van der Waals surface area contributed by atoms with Gasteiger partial charge >= 0.3 is 0 Å². The Bertz CT molecular complexity index is 788. The summed E-state index contributed by atoms with van der Waals surface area (Å²) in [6, 6.07) is 9.41. The van der Waals surface area contributed by atoms with Gasteiger partial charge in [0.15, 0.2) is 5.78 Å². The van der Waals surface area contributed by atoms with Gasteiger partial charge in [-0.25, -0.2) is 0 Å². The summed E-state index contributed by atoms with van der Waals surface area (Å²) in [5, 5.41) is 6.54. The lowest BCUT2D eigenvalue weighted by atomic mass is 9.98. The quantitative estimate of drug-likeness (QED) is 0.833. The first-order valence-electron chi connectivity index (χ1n) is 9.13. The molecule has 5 heteroatoms. The van der Waals surface area contributed by atoms with Crippen molar-refractivity contribution in [3.8, 4) is 0 Å². The fourth-order valence-corrected chi connectivity index (χ4v) is 5.24. The van der Waals surface area contributed by atoms with Crippen LogP contribution < -0.4 is 5.32 Å². The van der Waals surface area contributed by atoms with Crippen molar-refractivity contribution in [2.75, 3.05) is 7.05 Å². The molecular formula is C20H24N2O2S. The number of nitrogens with one attached hydrogen (secondary N) is 1. The topological polar surface area (TPSA) is 49.4 Å². The van der Waals surface area contributed by atoms with E-state index in [-0.39, 0.29) is 11.7 Å². The molecule has 2 bridgehead atoms.